The zero-order valence-electron chi connectivity index (χ0n) is 9.97. The third-order valence-corrected chi connectivity index (χ3v) is 3.10. The highest BCUT2D eigenvalue weighted by molar-refractivity contribution is 7.71. The lowest BCUT2D eigenvalue weighted by atomic mass is 10.2. The fraction of sp³-hybridized carbons (Fsp3) is 0.333. The molecule has 1 aliphatic rings. The van der Waals surface area contributed by atoms with E-state index in [1.54, 1.807) is 0 Å². The standard InChI is InChI=1S/C12H13N3O2S/c1-2-3-11-13-14-12(18)15(11)8-4-5-9-10(6-8)17-7-16-9/h4-6H,2-3,7H2,1H3,(H,14,18). The van der Waals surface area contributed by atoms with Crippen molar-refractivity contribution in [2.45, 2.75) is 19.8 Å². The van der Waals surface area contributed by atoms with Crippen LogP contribution < -0.4 is 9.47 Å². The van der Waals surface area contributed by atoms with Gasteiger partial charge in [-0.25, -0.2) is 0 Å². The summed E-state index contributed by atoms with van der Waals surface area (Å²) >= 11 is 5.27. The summed E-state index contributed by atoms with van der Waals surface area (Å²) < 4.78 is 13.2. The predicted octanol–water partition coefficient (Wildman–Crippen LogP) is 2.61. The number of nitrogens with zero attached hydrogens (tertiary/aromatic N) is 2. The van der Waals surface area contributed by atoms with Gasteiger partial charge in [0.15, 0.2) is 16.3 Å². The largest absolute Gasteiger partial charge is 0.454 e. The van der Waals surface area contributed by atoms with Gasteiger partial charge in [0.2, 0.25) is 6.79 Å². The van der Waals surface area contributed by atoms with Gasteiger partial charge in [0.25, 0.3) is 0 Å². The molecule has 6 heteroatoms. The number of rotatable bonds is 3. The summed E-state index contributed by atoms with van der Waals surface area (Å²) in [5.41, 5.74) is 0.946. The number of aromatic nitrogens is 3. The van der Waals surface area contributed by atoms with Crippen LogP contribution in [-0.2, 0) is 6.42 Å². The maximum absolute atomic E-state index is 5.38. The Hall–Kier alpha value is -1.82. The van der Waals surface area contributed by atoms with E-state index in [0.29, 0.717) is 4.77 Å². The van der Waals surface area contributed by atoms with Crippen LogP contribution in [0.2, 0.25) is 0 Å². The molecule has 18 heavy (non-hydrogen) atoms. The van der Waals surface area contributed by atoms with Gasteiger partial charge in [-0.2, -0.15) is 5.10 Å². The second-order valence-corrected chi connectivity index (χ2v) is 4.45. The highest BCUT2D eigenvalue weighted by Crippen LogP contribution is 2.33. The fourth-order valence-corrected chi connectivity index (χ4v) is 2.27. The van der Waals surface area contributed by atoms with Crippen LogP contribution in [0.4, 0.5) is 0 Å². The molecule has 2 aromatic rings. The summed E-state index contributed by atoms with van der Waals surface area (Å²) in [6, 6.07) is 5.77. The van der Waals surface area contributed by atoms with Crippen molar-refractivity contribution < 1.29 is 9.47 Å². The van der Waals surface area contributed by atoms with Crippen molar-refractivity contribution >= 4 is 12.2 Å². The molecule has 0 amide bonds. The Balaban J connectivity index is 2.09. The molecule has 1 N–H and O–H groups in total. The molecule has 3 rings (SSSR count). The number of H-pyrrole nitrogens is 1. The summed E-state index contributed by atoms with van der Waals surface area (Å²) in [4.78, 5) is 0. The highest BCUT2D eigenvalue weighted by Gasteiger charge is 2.15. The van der Waals surface area contributed by atoms with Crippen molar-refractivity contribution in [3.63, 3.8) is 0 Å². The lowest BCUT2D eigenvalue weighted by Gasteiger charge is -2.06. The molecular formula is C12H13N3O2S. The number of nitrogens with one attached hydrogen (secondary N) is 1. The maximum Gasteiger partial charge on any atom is 0.231 e. The van der Waals surface area contributed by atoms with E-state index >= 15 is 0 Å². The van der Waals surface area contributed by atoms with Crippen molar-refractivity contribution in [2.75, 3.05) is 6.79 Å². The van der Waals surface area contributed by atoms with Crippen molar-refractivity contribution in [3.8, 4) is 17.2 Å². The van der Waals surface area contributed by atoms with E-state index in [1.807, 2.05) is 22.8 Å². The van der Waals surface area contributed by atoms with Gasteiger partial charge in [-0.3, -0.25) is 9.67 Å². The first-order chi connectivity index (χ1) is 8.79. The molecule has 0 bridgehead atoms. The van der Waals surface area contributed by atoms with Crippen LogP contribution in [0.3, 0.4) is 0 Å². The number of hydrogen-bond acceptors (Lipinski definition) is 4. The molecule has 94 valence electrons. The summed E-state index contributed by atoms with van der Waals surface area (Å²) in [5, 5.41) is 7.08. The first-order valence-electron chi connectivity index (χ1n) is 5.86. The zero-order chi connectivity index (χ0) is 12.5. The van der Waals surface area contributed by atoms with Crippen LogP contribution in [0.15, 0.2) is 18.2 Å². The van der Waals surface area contributed by atoms with Gasteiger partial charge in [-0.05, 0) is 30.8 Å². The summed E-state index contributed by atoms with van der Waals surface area (Å²) in [7, 11) is 0. The molecule has 1 aromatic heterocycles. The minimum absolute atomic E-state index is 0.275. The average Bonchev–Trinajstić information content (AvgIpc) is 2.96. The molecule has 0 radical (unpaired) electrons. The molecule has 0 saturated carbocycles. The quantitative estimate of drug-likeness (QED) is 0.865. The SMILES string of the molecule is CCCc1n[nH]c(=S)n1-c1ccc2c(c1)OCO2. The van der Waals surface area contributed by atoms with Crippen LogP contribution in [0.1, 0.15) is 19.2 Å². The van der Waals surface area contributed by atoms with E-state index in [-0.39, 0.29) is 6.79 Å². The van der Waals surface area contributed by atoms with Crippen molar-refractivity contribution in [1.82, 2.24) is 14.8 Å². The first kappa shape index (κ1) is 11.3. The monoisotopic (exact) mass is 263 g/mol. The Morgan fingerprint density at radius 3 is 3.06 bits per heavy atom. The number of benzene rings is 1. The van der Waals surface area contributed by atoms with Gasteiger partial charge in [-0.15, -0.1) is 0 Å². The summed E-state index contributed by atoms with van der Waals surface area (Å²) in [6.45, 7) is 2.39. The minimum Gasteiger partial charge on any atom is -0.454 e. The normalized spacial score (nSPS) is 12.9. The van der Waals surface area contributed by atoms with E-state index < -0.39 is 0 Å². The summed E-state index contributed by atoms with van der Waals surface area (Å²) in [5.74, 6) is 2.45. The fourth-order valence-electron chi connectivity index (χ4n) is 2.01. The average molecular weight is 263 g/mol. The minimum atomic E-state index is 0.275. The van der Waals surface area contributed by atoms with Crippen LogP contribution in [0.5, 0.6) is 11.5 Å². The Bertz CT molecular complexity index is 632. The topological polar surface area (TPSA) is 52.1 Å². The second kappa shape index (κ2) is 4.45. The molecule has 0 aliphatic carbocycles. The molecule has 0 fully saturated rings. The molecule has 0 saturated heterocycles. The van der Waals surface area contributed by atoms with Gasteiger partial charge in [-0.1, -0.05) is 6.92 Å². The Kier molecular flexibility index (Phi) is 2.79. The maximum atomic E-state index is 5.38. The molecule has 5 nitrogen and oxygen atoms in total. The third kappa shape index (κ3) is 1.78. The smallest absolute Gasteiger partial charge is 0.231 e. The third-order valence-electron chi connectivity index (χ3n) is 2.83. The van der Waals surface area contributed by atoms with Crippen LogP contribution in [0, 0.1) is 4.77 Å². The van der Waals surface area contributed by atoms with Gasteiger partial charge in [0.1, 0.15) is 5.82 Å². The van der Waals surface area contributed by atoms with Gasteiger partial charge < -0.3 is 9.47 Å². The van der Waals surface area contributed by atoms with Crippen LogP contribution >= 0.6 is 12.2 Å². The van der Waals surface area contributed by atoms with Gasteiger partial charge >= 0.3 is 0 Å². The van der Waals surface area contributed by atoms with E-state index in [2.05, 4.69) is 17.1 Å². The highest BCUT2D eigenvalue weighted by atomic mass is 32.1. The van der Waals surface area contributed by atoms with Crippen molar-refractivity contribution in [3.05, 3.63) is 28.8 Å². The van der Waals surface area contributed by atoms with E-state index in [9.17, 15) is 0 Å². The predicted molar refractivity (Wildman–Crippen MR) is 68.9 cm³/mol. The van der Waals surface area contributed by atoms with Crippen molar-refractivity contribution in [2.24, 2.45) is 0 Å². The lowest BCUT2D eigenvalue weighted by molar-refractivity contribution is 0.174. The van der Waals surface area contributed by atoms with E-state index in [0.717, 1.165) is 35.9 Å². The number of fused-ring (bicyclic) bond motifs is 1. The Labute approximate surface area is 109 Å². The molecule has 1 aromatic carbocycles. The molecule has 0 atom stereocenters. The van der Waals surface area contributed by atoms with Gasteiger partial charge in [0, 0.05) is 12.5 Å². The first-order valence-corrected chi connectivity index (χ1v) is 6.26. The van der Waals surface area contributed by atoms with Crippen LogP contribution in [-0.4, -0.2) is 21.6 Å². The Morgan fingerprint density at radius 1 is 1.39 bits per heavy atom. The molecule has 2 heterocycles. The zero-order valence-corrected chi connectivity index (χ0v) is 10.8. The van der Waals surface area contributed by atoms with E-state index in [1.165, 1.54) is 0 Å². The Morgan fingerprint density at radius 2 is 2.22 bits per heavy atom. The van der Waals surface area contributed by atoms with E-state index in [4.69, 9.17) is 21.7 Å². The number of hydrogen-bond donors (Lipinski definition) is 1. The molecule has 0 spiro atoms. The number of aromatic amines is 1. The molecular weight excluding hydrogens is 250 g/mol. The van der Waals surface area contributed by atoms with Crippen molar-refractivity contribution in [1.29, 1.82) is 0 Å². The molecule has 1 aliphatic heterocycles. The van der Waals surface area contributed by atoms with Crippen LogP contribution in [0.25, 0.3) is 5.69 Å². The summed E-state index contributed by atoms with van der Waals surface area (Å²) in [6.07, 6.45) is 1.89. The molecule has 0 unspecified atom stereocenters. The second-order valence-electron chi connectivity index (χ2n) is 4.07. The number of aryl methyl sites for hydroxylation is 1. The lowest BCUT2D eigenvalue weighted by Crippen LogP contribution is -2.01. The van der Waals surface area contributed by atoms with Gasteiger partial charge in [0.05, 0.1) is 5.69 Å². The number of ether oxygens (including phenoxy) is 2.